The monoisotopic (exact) mass is 433 g/mol. The molecular formula is C26H35N5O. The number of rotatable bonds is 5. The van der Waals surface area contributed by atoms with E-state index in [0.717, 1.165) is 58.1 Å². The SMILES string of the molecule is CN1CCN(C2C=CC(c3nccc4c3cc(CN3CCOCC3)n4C3CC3)=CC2)CC1. The van der Waals surface area contributed by atoms with Crippen molar-refractivity contribution < 1.29 is 4.74 Å². The van der Waals surface area contributed by atoms with Crippen LogP contribution >= 0.6 is 0 Å². The second kappa shape index (κ2) is 8.75. The zero-order valence-corrected chi connectivity index (χ0v) is 19.2. The quantitative estimate of drug-likeness (QED) is 0.724. The molecule has 32 heavy (non-hydrogen) atoms. The van der Waals surface area contributed by atoms with Gasteiger partial charge in [-0.3, -0.25) is 14.8 Å². The average Bonchev–Trinajstić information content (AvgIpc) is 3.60. The number of pyridine rings is 1. The minimum absolute atomic E-state index is 0.527. The van der Waals surface area contributed by atoms with Crippen molar-refractivity contribution in [1.29, 1.82) is 0 Å². The van der Waals surface area contributed by atoms with Crippen molar-refractivity contribution in [2.75, 3.05) is 59.5 Å². The van der Waals surface area contributed by atoms with E-state index in [2.05, 4.69) is 56.7 Å². The Hall–Kier alpha value is -1.99. The fourth-order valence-electron chi connectivity index (χ4n) is 5.52. The highest BCUT2D eigenvalue weighted by molar-refractivity contribution is 5.94. The van der Waals surface area contributed by atoms with Gasteiger partial charge in [-0.2, -0.15) is 0 Å². The van der Waals surface area contributed by atoms with Crippen LogP contribution in [-0.2, 0) is 11.3 Å². The summed E-state index contributed by atoms with van der Waals surface area (Å²) < 4.78 is 8.17. The Balaban J connectivity index is 1.27. The number of hydrogen-bond donors (Lipinski definition) is 0. The van der Waals surface area contributed by atoms with E-state index in [4.69, 9.17) is 9.72 Å². The number of nitrogens with zero attached hydrogens (tertiary/aromatic N) is 5. The van der Waals surface area contributed by atoms with Gasteiger partial charge < -0.3 is 14.2 Å². The first-order valence-corrected chi connectivity index (χ1v) is 12.4. The number of ether oxygens (including phenoxy) is 1. The van der Waals surface area contributed by atoms with Crippen LogP contribution in [-0.4, -0.2) is 89.8 Å². The summed E-state index contributed by atoms with van der Waals surface area (Å²) in [6.45, 7) is 9.43. The molecule has 0 N–H and O–H groups in total. The Labute approximate surface area is 191 Å². The van der Waals surface area contributed by atoms with Gasteiger partial charge in [0.1, 0.15) is 0 Å². The zero-order chi connectivity index (χ0) is 21.5. The maximum absolute atomic E-state index is 5.56. The molecule has 3 fully saturated rings. The molecule has 1 unspecified atom stereocenters. The van der Waals surface area contributed by atoms with Gasteiger partial charge in [0.2, 0.25) is 0 Å². The molecule has 6 heteroatoms. The molecule has 6 rings (SSSR count). The van der Waals surface area contributed by atoms with E-state index in [-0.39, 0.29) is 0 Å². The highest BCUT2D eigenvalue weighted by Crippen LogP contribution is 2.41. The summed E-state index contributed by atoms with van der Waals surface area (Å²) in [4.78, 5) is 12.5. The van der Waals surface area contributed by atoms with Crippen LogP contribution in [0.5, 0.6) is 0 Å². The third kappa shape index (κ3) is 4.05. The van der Waals surface area contributed by atoms with Gasteiger partial charge in [-0.15, -0.1) is 0 Å². The van der Waals surface area contributed by atoms with E-state index < -0.39 is 0 Å². The number of fused-ring (bicyclic) bond motifs is 1. The van der Waals surface area contributed by atoms with Crippen LogP contribution in [0.1, 0.15) is 36.7 Å². The molecule has 2 aromatic rings. The Morgan fingerprint density at radius 1 is 1.06 bits per heavy atom. The zero-order valence-electron chi connectivity index (χ0n) is 19.2. The summed E-state index contributed by atoms with van der Waals surface area (Å²) in [5.41, 5.74) is 5.23. The first-order valence-electron chi connectivity index (χ1n) is 12.4. The lowest BCUT2D eigenvalue weighted by atomic mass is 9.97. The van der Waals surface area contributed by atoms with Crippen molar-refractivity contribution in [1.82, 2.24) is 24.3 Å². The van der Waals surface area contributed by atoms with Crippen LogP contribution in [0.25, 0.3) is 16.5 Å². The molecular weight excluding hydrogens is 398 g/mol. The van der Waals surface area contributed by atoms with Gasteiger partial charge in [0.25, 0.3) is 0 Å². The summed E-state index contributed by atoms with van der Waals surface area (Å²) in [6.07, 6.45) is 12.8. The van der Waals surface area contributed by atoms with Gasteiger partial charge in [0, 0.05) is 75.2 Å². The van der Waals surface area contributed by atoms with E-state index in [1.807, 2.05) is 6.20 Å². The molecule has 4 aliphatic rings. The summed E-state index contributed by atoms with van der Waals surface area (Å²) in [7, 11) is 2.22. The molecule has 0 radical (unpaired) electrons. The molecule has 1 saturated carbocycles. The van der Waals surface area contributed by atoms with E-state index in [1.54, 1.807) is 0 Å². The second-order valence-electron chi connectivity index (χ2n) is 9.88. The first kappa shape index (κ1) is 20.6. The van der Waals surface area contributed by atoms with E-state index >= 15 is 0 Å². The van der Waals surface area contributed by atoms with Crippen LogP contribution in [0.4, 0.5) is 0 Å². The van der Waals surface area contributed by atoms with Crippen molar-refractivity contribution in [3.05, 3.63) is 47.9 Å². The highest BCUT2D eigenvalue weighted by Gasteiger charge is 2.29. The number of likely N-dealkylation sites (N-methyl/N-ethyl adjacent to an activating group) is 1. The predicted octanol–water partition coefficient (Wildman–Crippen LogP) is 3.16. The van der Waals surface area contributed by atoms with Crippen LogP contribution in [0.15, 0.2) is 36.6 Å². The summed E-state index contributed by atoms with van der Waals surface area (Å²) >= 11 is 0. The van der Waals surface area contributed by atoms with Crippen molar-refractivity contribution in [3.63, 3.8) is 0 Å². The summed E-state index contributed by atoms with van der Waals surface area (Å²) in [5, 5.41) is 1.32. The molecule has 170 valence electrons. The Morgan fingerprint density at radius 2 is 1.88 bits per heavy atom. The van der Waals surface area contributed by atoms with Crippen LogP contribution in [0.2, 0.25) is 0 Å². The largest absolute Gasteiger partial charge is 0.379 e. The lowest BCUT2D eigenvalue weighted by Gasteiger charge is -2.37. The van der Waals surface area contributed by atoms with E-state index in [0.29, 0.717) is 12.1 Å². The maximum Gasteiger partial charge on any atom is 0.0792 e. The fraction of sp³-hybridized carbons (Fsp3) is 0.577. The molecule has 2 saturated heterocycles. The number of hydrogen-bond acceptors (Lipinski definition) is 5. The Bertz CT molecular complexity index is 1020. The smallest absolute Gasteiger partial charge is 0.0792 e. The highest BCUT2D eigenvalue weighted by atomic mass is 16.5. The Kier molecular flexibility index (Phi) is 5.63. The Morgan fingerprint density at radius 3 is 2.59 bits per heavy atom. The fourth-order valence-corrected chi connectivity index (χ4v) is 5.52. The number of piperazine rings is 1. The minimum Gasteiger partial charge on any atom is -0.379 e. The number of aromatic nitrogens is 2. The second-order valence-corrected chi connectivity index (χ2v) is 9.88. The van der Waals surface area contributed by atoms with E-state index in [1.165, 1.54) is 48.1 Å². The minimum atomic E-state index is 0.527. The van der Waals surface area contributed by atoms with Crippen molar-refractivity contribution in [3.8, 4) is 0 Å². The summed E-state index contributed by atoms with van der Waals surface area (Å²) in [5.74, 6) is 0. The van der Waals surface area contributed by atoms with Crippen LogP contribution in [0.3, 0.4) is 0 Å². The number of morpholine rings is 1. The predicted molar refractivity (Wildman–Crippen MR) is 129 cm³/mol. The number of allylic oxidation sites excluding steroid dienone is 2. The topological polar surface area (TPSA) is 36.8 Å². The lowest BCUT2D eigenvalue weighted by molar-refractivity contribution is 0.0332. The normalized spacial score (nSPS) is 26.0. The third-order valence-corrected chi connectivity index (χ3v) is 7.61. The van der Waals surface area contributed by atoms with Crippen LogP contribution in [0, 0.1) is 0 Å². The molecule has 2 aliphatic carbocycles. The molecule has 0 amide bonds. The standard InChI is InChI=1S/C26H35N5O/c1-28-10-12-30(13-11-28)21-4-2-20(3-5-21)26-24-18-23(19-29-14-16-32-17-15-29)31(22-6-7-22)25(24)8-9-27-26/h2-4,8-9,18,21-22H,5-7,10-17,19H2,1H3. The first-order chi connectivity index (χ1) is 15.8. The van der Waals surface area contributed by atoms with Gasteiger partial charge >= 0.3 is 0 Å². The molecule has 0 aromatic carbocycles. The van der Waals surface area contributed by atoms with Gasteiger partial charge in [0.05, 0.1) is 24.4 Å². The molecule has 0 bridgehead atoms. The molecule has 0 spiro atoms. The van der Waals surface area contributed by atoms with Crippen LogP contribution < -0.4 is 0 Å². The maximum atomic E-state index is 5.56. The molecule has 2 aromatic heterocycles. The van der Waals surface area contributed by atoms with Gasteiger partial charge in [-0.1, -0.05) is 18.2 Å². The molecule has 4 heterocycles. The third-order valence-electron chi connectivity index (χ3n) is 7.61. The molecule has 6 nitrogen and oxygen atoms in total. The van der Waals surface area contributed by atoms with Gasteiger partial charge in [-0.25, -0.2) is 0 Å². The van der Waals surface area contributed by atoms with Crippen molar-refractivity contribution >= 4 is 16.5 Å². The van der Waals surface area contributed by atoms with Gasteiger partial charge in [0.15, 0.2) is 0 Å². The van der Waals surface area contributed by atoms with Crippen molar-refractivity contribution in [2.45, 2.75) is 37.9 Å². The summed E-state index contributed by atoms with van der Waals surface area (Å²) in [6, 6.07) is 5.84. The van der Waals surface area contributed by atoms with E-state index in [9.17, 15) is 0 Å². The molecule has 1 atom stereocenters. The van der Waals surface area contributed by atoms with Crippen molar-refractivity contribution in [2.24, 2.45) is 0 Å². The average molecular weight is 434 g/mol. The molecule has 2 aliphatic heterocycles. The lowest BCUT2D eigenvalue weighted by Crippen LogP contribution is -2.48. The van der Waals surface area contributed by atoms with Gasteiger partial charge in [-0.05, 0) is 44.0 Å².